The zero-order chi connectivity index (χ0) is 16.5. The van der Waals surface area contributed by atoms with Gasteiger partial charge in [-0.25, -0.2) is 8.42 Å². The van der Waals surface area contributed by atoms with Crippen molar-refractivity contribution in [3.05, 3.63) is 24.3 Å². The van der Waals surface area contributed by atoms with E-state index in [4.69, 9.17) is 10.7 Å². The van der Waals surface area contributed by atoms with Gasteiger partial charge in [-0.3, -0.25) is 4.79 Å². The molecule has 1 atom stereocenters. The molecule has 0 spiro atoms. The molecule has 0 radical (unpaired) electrons. The molecule has 1 aromatic rings. The summed E-state index contributed by atoms with van der Waals surface area (Å²) in [6.45, 7) is -0.0387. The summed E-state index contributed by atoms with van der Waals surface area (Å²) in [4.78, 5) is 13.0. The van der Waals surface area contributed by atoms with Crippen molar-refractivity contribution < 1.29 is 31.1 Å². The largest absolute Gasteiger partial charge is 0.573 e. The molecule has 0 aromatic heterocycles. The molecule has 1 aliphatic rings. The van der Waals surface area contributed by atoms with Crippen LogP contribution in [0.25, 0.3) is 0 Å². The first-order chi connectivity index (χ1) is 10.1. The van der Waals surface area contributed by atoms with Crippen molar-refractivity contribution in [2.75, 3.05) is 17.2 Å². The van der Waals surface area contributed by atoms with Crippen LogP contribution >= 0.6 is 10.7 Å². The lowest BCUT2D eigenvalue weighted by Gasteiger charge is -2.20. The van der Waals surface area contributed by atoms with Crippen LogP contribution in [0, 0.1) is 5.92 Å². The fourth-order valence-electron chi connectivity index (χ4n) is 2.30. The maximum Gasteiger partial charge on any atom is 0.573 e. The molecule has 0 bridgehead atoms. The van der Waals surface area contributed by atoms with Crippen LogP contribution in [0.15, 0.2) is 24.3 Å². The van der Waals surface area contributed by atoms with Gasteiger partial charge in [-0.1, -0.05) is 12.1 Å². The first-order valence-electron chi connectivity index (χ1n) is 6.12. The zero-order valence-corrected chi connectivity index (χ0v) is 12.6. The van der Waals surface area contributed by atoms with Crippen LogP contribution in [0.1, 0.15) is 6.42 Å². The number of nitrogens with zero attached hydrogens (tertiary/aromatic N) is 1. The van der Waals surface area contributed by atoms with Crippen LogP contribution in [0.2, 0.25) is 0 Å². The van der Waals surface area contributed by atoms with Gasteiger partial charge < -0.3 is 9.64 Å². The van der Waals surface area contributed by atoms with Gasteiger partial charge in [0.1, 0.15) is 0 Å². The smallest absolute Gasteiger partial charge is 0.404 e. The molecule has 1 unspecified atom stereocenters. The van der Waals surface area contributed by atoms with Crippen LogP contribution in [0.4, 0.5) is 18.9 Å². The number of benzene rings is 1. The predicted molar refractivity (Wildman–Crippen MR) is 73.2 cm³/mol. The lowest BCUT2D eigenvalue weighted by molar-refractivity contribution is -0.274. The van der Waals surface area contributed by atoms with Crippen molar-refractivity contribution in [1.29, 1.82) is 0 Å². The number of rotatable bonds is 4. The highest BCUT2D eigenvalue weighted by Crippen LogP contribution is 2.36. The highest BCUT2D eigenvalue weighted by molar-refractivity contribution is 8.13. The summed E-state index contributed by atoms with van der Waals surface area (Å²) in [6, 6.07) is 5.18. The molecule has 22 heavy (non-hydrogen) atoms. The molecule has 1 heterocycles. The molecule has 2 rings (SSSR count). The monoisotopic (exact) mass is 357 g/mol. The second-order valence-electron chi connectivity index (χ2n) is 4.80. The van der Waals surface area contributed by atoms with Gasteiger partial charge in [-0.15, -0.1) is 13.2 Å². The third kappa shape index (κ3) is 4.51. The number of hydrogen-bond donors (Lipinski definition) is 0. The van der Waals surface area contributed by atoms with Crippen molar-refractivity contribution in [2.45, 2.75) is 12.8 Å². The Morgan fingerprint density at radius 2 is 1.95 bits per heavy atom. The minimum Gasteiger partial charge on any atom is -0.404 e. The van der Waals surface area contributed by atoms with Crippen LogP contribution in [-0.4, -0.2) is 33.0 Å². The first-order valence-corrected chi connectivity index (χ1v) is 8.60. The van der Waals surface area contributed by atoms with Crippen molar-refractivity contribution in [2.24, 2.45) is 5.92 Å². The maximum absolute atomic E-state index is 12.4. The summed E-state index contributed by atoms with van der Waals surface area (Å²) in [5.74, 6) is -1.99. The van der Waals surface area contributed by atoms with Gasteiger partial charge in [0.05, 0.1) is 11.4 Å². The van der Waals surface area contributed by atoms with Gasteiger partial charge in [0.2, 0.25) is 15.0 Å². The minimum absolute atomic E-state index is 0.0387. The third-order valence-corrected chi connectivity index (χ3v) is 4.27. The Morgan fingerprint density at radius 3 is 2.55 bits per heavy atom. The summed E-state index contributed by atoms with van der Waals surface area (Å²) in [5.41, 5.74) is -0.0562. The molecule has 1 aromatic carbocycles. The average Bonchev–Trinajstić information content (AvgIpc) is 2.66. The van der Waals surface area contributed by atoms with Gasteiger partial charge >= 0.3 is 6.36 Å². The predicted octanol–water partition coefficient (Wildman–Crippen LogP) is 2.51. The Morgan fingerprint density at radius 1 is 1.32 bits per heavy atom. The summed E-state index contributed by atoms with van der Waals surface area (Å²) in [5, 5.41) is 0. The standard InChI is InChI=1S/C12H11ClF3NO4S/c13-22(19,20)7-8-5-11(18)17(6-8)9-3-1-2-4-10(9)21-12(14,15)16/h1-4,8H,5-7H2. The molecule has 0 saturated carbocycles. The van der Waals surface area contributed by atoms with Gasteiger partial charge in [0, 0.05) is 29.6 Å². The Balaban J connectivity index is 2.24. The number of carbonyl (C=O) groups excluding carboxylic acids is 1. The van der Waals surface area contributed by atoms with E-state index in [0.717, 1.165) is 11.0 Å². The first kappa shape index (κ1) is 16.9. The fourth-order valence-corrected chi connectivity index (χ4v) is 3.62. The molecule has 10 heteroatoms. The molecular weight excluding hydrogens is 347 g/mol. The maximum atomic E-state index is 12.4. The Hall–Kier alpha value is -1.48. The highest BCUT2D eigenvalue weighted by atomic mass is 35.7. The molecular formula is C12H11ClF3NO4S. The fraction of sp³-hybridized carbons (Fsp3) is 0.417. The molecule has 0 aliphatic carbocycles. The Kier molecular flexibility index (Phi) is 4.57. The zero-order valence-electron chi connectivity index (χ0n) is 11.0. The van der Waals surface area contributed by atoms with Crippen LogP contribution < -0.4 is 9.64 Å². The van der Waals surface area contributed by atoms with E-state index in [9.17, 15) is 26.4 Å². The number of alkyl halides is 3. The van der Waals surface area contributed by atoms with E-state index in [1.165, 1.54) is 18.2 Å². The van der Waals surface area contributed by atoms with E-state index in [1.54, 1.807) is 0 Å². The average molecular weight is 358 g/mol. The third-order valence-electron chi connectivity index (χ3n) is 3.02. The van der Waals surface area contributed by atoms with Crippen molar-refractivity contribution in [3.63, 3.8) is 0 Å². The van der Waals surface area contributed by atoms with Crippen LogP contribution in [-0.2, 0) is 13.8 Å². The normalized spacial score (nSPS) is 19.5. The second kappa shape index (κ2) is 5.96. The van der Waals surface area contributed by atoms with Gasteiger partial charge in [0.15, 0.2) is 5.75 Å². The Bertz CT molecular complexity index is 677. The lowest BCUT2D eigenvalue weighted by Crippen LogP contribution is -2.27. The summed E-state index contributed by atoms with van der Waals surface area (Å²) < 4.78 is 63.1. The second-order valence-corrected chi connectivity index (χ2v) is 7.62. The van der Waals surface area contributed by atoms with Crippen molar-refractivity contribution in [1.82, 2.24) is 0 Å². The molecule has 1 amide bonds. The van der Waals surface area contributed by atoms with Crippen LogP contribution in [0.3, 0.4) is 0 Å². The van der Waals surface area contributed by atoms with Gasteiger partial charge in [-0.2, -0.15) is 0 Å². The van der Waals surface area contributed by atoms with Crippen molar-refractivity contribution >= 4 is 31.3 Å². The van der Waals surface area contributed by atoms with E-state index in [-0.39, 0.29) is 18.7 Å². The molecule has 1 fully saturated rings. The van der Waals surface area contributed by atoms with Crippen molar-refractivity contribution in [3.8, 4) is 5.75 Å². The number of para-hydroxylation sites is 2. The van der Waals surface area contributed by atoms with E-state index >= 15 is 0 Å². The SMILES string of the molecule is O=C1CC(CS(=O)(=O)Cl)CN1c1ccccc1OC(F)(F)F. The number of ether oxygens (including phenoxy) is 1. The number of halogens is 4. The number of anilines is 1. The minimum atomic E-state index is -4.89. The highest BCUT2D eigenvalue weighted by Gasteiger charge is 2.37. The lowest BCUT2D eigenvalue weighted by atomic mass is 10.1. The summed E-state index contributed by atoms with van der Waals surface area (Å²) >= 11 is 0. The Labute approximate surface area is 129 Å². The van der Waals surface area contributed by atoms with E-state index in [0.29, 0.717) is 0 Å². The molecule has 5 nitrogen and oxygen atoms in total. The van der Waals surface area contributed by atoms with Gasteiger partial charge in [0.25, 0.3) is 0 Å². The number of carbonyl (C=O) groups is 1. The number of hydrogen-bond acceptors (Lipinski definition) is 4. The summed E-state index contributed by atoms with van der Waals surface area (Å²) in [6.07, 6.45) is -5.00. The quantitative estimate of drug-likeness (QED) is 0.777. The summed E-state index contributed by atoms with van der Waals surface area (Å²) in [7, 11) is 1.35. The molecule has 0 N–H and O–H groups in total. The molecule has 122 valence electrons. The van der Waals surface area contributed by atoms with Gasteiger partial charge in [-0.05, 0) is 12.1 Å². The van der Waals surface area contributed by atoms with E-state index in [1.807, 2.05) is 0 Å². The topological polar surface area (TPSA) is 63.7 Å². The van der Waals surface area contributed by atoms with E-state index < -0.39 is 38.7 Å². The molecule has 1 aliphatic heterocycles. The van der Waals surface area contributed by atoms with E-state index in [2.05, 4.69) is 4.74 Å². The molecule has 1 saturated heterocycles. The number of amides is 1. The van der Waals surface area contributed by atoms with Crippen LogP contribution in [0.5, 0.6) is 5.75 Å².